The first-order valence-electron chi connectivity index (χ1n) is 12.1. The number of rotatable bonds is 9. The van der Waals surface area contributed by atoms with Crippen LogP contribution in [-0.4, -0.2) is 72.1 Å². The van der Waals surface area contributed by atoms with Gasteiger partial charge in [0, 0.05) is 32.2 Å². The second-order valence-corrected chi connectivity index (χ2v) is 9.51. The molecule has 9 nitrogen and oxygen atoms in total. The number of aromatic nitrogens is 2. The maximum Gasteiger partial charge on any atom is 0.238 e. The van der Waals surface area contributed by atoms with Crippen LogP contribution in [0.1, 0.15) is 44.6 Å². The van der Waals surface area contributed by atoms with Crippen molar-refractivity contribution in [2.75, 3.05) is 37.8 Å². The van der Waals surface area contributed by atoms with Crippen LogP contribution in [0, 0.1) is 0 Å². The third-order valence-corrected chi connectivity index (χ3v) is 6.62. The lowest BCUT2D eigenvalue weighted by atomic mass is 9.99. The molecule has 0 saturated carbocycles. The van der Waals surface area contributed by atoms with Crippen molar-refractivity contribution in [2.45, 2.75) is 57.3 Å². The molecule has 10 heteroatoms. The maximum atomic E-state index is 12.6. The number of aliphatic hydroxyl groups excluding tert-OH is 1. The van der Waals surface area contributed by atoms with Crippen LogP contribution in [-0.2, 0) is 9.53 Å². The average molecular weight is 505 g/mol. The number of aliphatic hydroxyl groups is 1. The van der Waals surface area contributed by atoms with Crippen LogP contribution < -0.4 is 19.7 Å². The SMILES string of the molecule is CC(O)COc1ncnc(N2CCC(Oc3ccc(C(C)C(=O)NC4CCOCC4)cc3)C2)c1Cl. The highest BCUT2D eigenvalue weighted by atomic mass is 35.5. The molecule has 2 aliphatic rings. The second-order valence-electron chi connectivity index (χ2n) is 9.14. The summed E-state index contributed by atoms with van der Waals surface area (Å²) in [6.45, 7) is 6.42. The summed E-state index contributed by atoms with van der Waals surface area (Å²) in [6.07, 6.45) is 3.30. The maximum absolute atomic E-state index is 12.6. The van der Waals surface area contributed by atoms with E-state index in [-0.39, 0.29) is 36.5 Å². The molecule has 1 aromatic carbocycles. The summed E-state index contributed by atoms with van der Waals surface area (Å²) in [7, 11) is 0. The highest BCUT2D eigenvalue weighted by Crippen LogP contribution is 2.33. The number of nitrogens with one attached hydrogen (secondary N) is 1. The van der Waals surface area contributed by atoms with Gasteiger partial charge in [-0.05, 0) is 44.4 Å². The van der Waals surface area contributed by atoms with Gasteiger partial charge in [0.05, 0.1) is 18.6 Å². The minimum absolute atomic E-state index is 0.0250. The highest BCUT2D eigenvalue weighted by Gasteiger charge is 2.28. The van der Waals surface area contributed by atoms with Gasteiger partial charge in [-0.15, -0.1) is 0 Å². The molecule has 0 spiro atoms. The third-order valence-electron chi connectivity index (χ3n) is 6.29. The van der Waals surface area contributed by atoms with Gasteiger partial charge in [-0.25, -0.2) is 9.97 Å². The lowest BCUT2D eigenvalue weighted by Crippen LogP contribution is -2.40. The summed E-state index contributed by atoms with van der Waals surface area (Å²) in [5, 5.41) is 12.9. The minimum atomic E-state index is -0.621. The number of hydrogen-bond acceptors (Lipinski definition) is 8. The highest BCUT2D eigenvalue weighted by molar-refractivity contribution is 6.34. The second kappa shape index (κ2) is 11.9. The molecule has 0 radical (unpaired) electrons. The Morgan fingerprint density at radius 3 is 2.69 bits per heavy atom. The fourth-order valence-corrected chi connectivity index (χ4v) is 4.50. The molecule has 2 saturated heterocycles. The predicted octanol–water partition coefficient (Wildman–Crippen LogP) is 2.95. The van der Waals surface area contributed by atoms with Crippen LogP contribution in [0.2, 0.25) is 5.02 Å². The molecule has 3 heterocycles. The first kappa shape index (κ1) is 25.5. The van der Waals surface area contributed by atoms with Crippen molar-refractivity contribution in [3.8, 4) is 11.6 Å². The molecular weight excluding hydrogens is 472 g/mol. The van der Waals surface area contributed by atoms with E-state index in [1.54, 1.807) is 6.92 Å². The number of hydrogen-bond donors (Lipinski definition) is 2. The van der Waals surface area contributed by atoms with Crippen LogP contribution in [0.25, 0.3) is 0 Å². The van der Waals surface area contributed by atoms with E-state index >= 15 is 0 Å². The molecule has 1 aromatic heterocycles. The lowest BCUT2D eigenvalue weighted by molar-refractivity contribution is -0.123. The Balaban J connectivity index is 1.30. The number of benzene rings is 1. The van der Waals surface area contributed by atoms with E-state index in [1.807, 2.05) is 36.1 Å². The standard InChI is InChI=1S/C25H33ClN4O5/c1-16(31)14-34-25-22(26)23(27-15-28-25)30-10-7-21(13-30)35-20-5-3-18(4-6-20)17(2)24(32)29-19-8-11-33-12-9-19/h3-6,15-17,19,21,31H,7-14H2,1-2H3,(H,29,32). The van der Waals surface area contributed by atoms with E-state index in [4.69, 9.17) is 25.8 Å². The van der Waals surface area contributed by atoms with Gasteiger partial charge in [0.2, 0.25) is 11.8 Å². The molecule has 3 unspecified atom stereocenters. The van der Waals surface area contributed by atoms with E-state index in [2.05, 4.69) is 15.3 Å². The predicted molar refractivity (Wildman–Crippen MR) is 132 cm³/mol. The molecule has 0 aliphatic carbocycles. The van der Waals surface area contributed by atoms with Gasteiger partial charge >= 0.3 is 0 Å². The number of amides is 1. The molecule has 2 aromatic rings. The van der Waals surface area contributed by atoms with Crippen LogP contribution in [0.3, 0.4) is 0 Å². The molecule has 190 valence electrons. The van der Waals surface area contributed by atoms with Gasteiger partial charge in [-0.1, -0.05) is 23.7 Å². The molecule has 3 atom stereocenters. The normalized spacial score (nSPS) is 20.3. The number of carbonyl (C=O) groups excluding carboxylic acids is 1. The topological polar surface area (TPSA) is 106 Å². The van der Waals surface area contributed by atoms with Crippen molar-refractivity contribution >= 4 is 23.3 Å². The first-order chi connectivity index (χ1) is 16.9. The molecule has 4 rings (SSSR count). The van der Waals surface area contributed by atoms with Gasteiger partial charge in [0.1, 0.15) is 29.8 Å². The van der Waals surface area contributed by atoms with E-state index < -0.39 is 6.10 Å². The van der Waals surface area contributed by atoms with Gasteiger partial charge in [-0.2, -0.15) is 0 Å². The monoisotopic (exact) mass is 504 g/mol. The molecule has 2 N–H and O–H groups in total. The average Bonchev–Trinajstić information content (AvgIpc) is 3.32. The van der Waals surface area contributed by atoms with Crippen LogP contribution >= 0.6 is 11.6 Å². The van der Waals surface area contributed by atoms with Crippen LogP contribution in [0.15, 0.2) is 30.6 Å². The number of nitrogens with zero attached hydrogens (tertiary/aromatic N) is 3. The van der Waals surface area contributed by atoms with Crippen LogP contribution in [0.4, 0.5) is 5.82 Å². The molecular formula is C25H33ClN4O5. The Morgan fingerprint density at radius 2 is 1.97 bits per heavy atom. The van der Waals surface area contributed by atoms with E-state index in [1.165, 1.54) is 6.33 Å². The van der Waals surface area contributed by atoms with E-state index in [0.29, 0.717) is 30.6 Å². The number of halogens is 1. The number of anilines is 1. The lowest BCUT2D eigenvalue weighted by Gasteiger charge is -2.25. The fourth-order valence-electron chi connectivity index (χ4n) is 4.23. The number of ether oxygens (including phenoxy) is 3. The number of carbonyl (C=O) groups is 1. The van der Waals surface area contributed by atoms with Crippen molar-refractivity contribution < 1.29 is 24.1 Å². The molecule has 1 amide bonds. The summed E-state index contributed by atoms with van der Waals surface area (Å²) >= 11 is 6.46. The quantitative estimate of drug-likeness (QED) is 0.537. The Hall–Kier alpha value is -2.62. The summed E-state index contributed by atoms with van der Waals surface area (Å²) < 4.78 is 17.0. The van der Waals surface area contributed by atoms with E-state index in [9.17, 15) is 9.90 Å². The van der Waals surface area contributed by atoms with Gasteiger partial charge in [0.15, 0.2) is 5.82 Å². The molecule has 2 aliphatic heterocycles. The Bertz CT molecular complexity index is 984. The summed E-state index contributed by atoms with van der Waals surface area (Å²) in [5.41, 5.74) is 0.951. The zero-order valence-corrected chi connectivity index (χ0v) is 20.9. The summed E-state index contributed by atoms with van der Waals surface area (Å²) in [6, 6.07) is 7.91. The van der Waals surface area contributed by atoms with Crippen molar-refractivity contribution in [3.63, 3.8) is 0 Å². The Kier molecular flexibility index (Phi) is 8.64. The summed E-state index contributed by atoms with van der Waals surface area (Å²) in [5.74, 6) is 1.41. The van der Waals surface area contributed by atoms with Crippen molar-refractivity contribution in [1.29, 1.82) is 0 Å². The first-order valence-corrected chi connectivity index (χ1v) is 12.5. The Morgan fingerprint density at radius 1 is 1.23 bits per heavy atom. The van der Waals surface area contributed by atoms with Crippen molar-refractivity contribution in [1.82, 2.24) is 15.3 Å². The molecule has 35 heavy (non-hydrogen) atoms. The zero-order chi connectivity index (χ0) is 24.8. The largest absolute Gasteiger partial charge is 0.489 e. The van der Waals surface area contributed by atoms with Gasteiger partial charge < -0.3 is 29.5 Å². The van der Waals surface area contributed by atoms with Crippen molar-refractivity contribution in [3.05, 3.63) is 41.2 Å². The van der Waals surface area contributed by atoms with Crippen LogP contribution in [0.5, 0.6) is 11.6 Å². The Labute approximate surface area is 210 Å². The van der Waals surface area contributed by atoms with E-state index in [0.717, 1.165) is 37.1 Å². The zero-order valence-electron chi connectivity index (χ0n) is 20.2. The van der Waals surface area contributed by atoms with Crippen molar-refractivity contribution in [2.24, 2.45) is 0 Å². The summed E-state index contributed by atoms with van der Waals surface area (Å²) in [4.78, 5) is 23.1. The smallest absolute Gasteiger partial charge is 0.238 e. The van der Waals surface area contributed by atoms with Gasteiger partial charge in [0.25, 0.3) is 0 Å². The minimum Gasteiger partial charge on any atom is -0.489 e. The fraction of sp³-hybridized carbons (Fsp3) is 0.560. The molecule has 0 bridgehead atoms. The molecule has 2 fully saturated rings. The third kappa shape index (κ3) is 6.74. The van der Waals surface area contributed by atoms with Gasteiger partial charge in [-0.3, -0.25) is 4.79 Å².